The van der Waals surface area contributed by atoms with Crippen LogP contribution in [0.5, 0.6) is 0 Å². The third-order valence-corrected chi connectivity index (χ3v) is 5.89. The monoisotopic (exact) mass is 407 g/mol. The molecule has 0 spiro atoms. The van der Waals surface area contributed by atoms with E-state index in [1.165, 1.54) is 6.20 Å². The van der Waals surface area contributed by atoms with Gasteiger partial charge < -0.3 is 35.3 Å². The van der Waals surface area contributed by atoms with Gasteiger partial charge in [0.05, 0.1) is 6.61 Å². The second kappa shape index (κ2) is 5.40. The molecule has 2 heterocycles. The Hall–Kier alpha value is -0.710. The maximum absolute atomic E-state index is 10.9. The lowest BCUT2D eigenvalue weighted by Gasteiger charge is -2.52. The van der Waals surface area contributed by atoms with Crippen molar-refractivity contribution in [2.75, 3.05) is 6.61 Å². The number of aliphatic hydroxyl groups excluding tert-OH is 3. The molecule has 0 saturated carbocycles. The highest BCUT2D eigenvalue weighted by Gasteiger charge is 2.67. The molecule has 2 aromatic rings. The van der Waals surface area contributed by atoms with Gasteiger partial charge in [-0.15, -0.1) is 0 Å². The maximum atomic E-state index is 10.9. The van der Waals surface area contributed by atoms with Gasteiger partial charge in [0, 0.05) is 22.7 Å². The molecule has 0 unspecified atom stereocenters. The number of aliphatic hydroxyl groups is 5. The zero-order valence-electron chi connectivity index (χ0n) is 11.6. The van der Waals surface area contributed by atoms with Crippen LogP contribution >= 0.6 is 27.5 Å². The van der Waals surface area contributed by atoms with Crippen molar-refractivity contribution in [3.63, 3.8) is 0 Å². The summed E-state index contributed by atoms with van der Waals surface area (Å²) in [5, 5.41) is 49.0. The third kappa shape index (κ3) is 2.25. The van der Waals surface area contributed by atoms with E-state index in [9.17, 15) is 25.5 Å². The van der Waals surface area contributed by atoms with Gasteiger partial charge in [0.2, 0.25) is 10.8 Å². The van der Waals surface area contributed by atoms with Crippen molar-refractivity contribution >= 4 is 38.4 Å². The smallest absolute Gasteiger partial charge is 0.225 e. The quantitative estimate of drug-likeness (QED) is 0.391. The Balaban J connectivity index is 2.17. The normalized spacial score (nSPS) is 41.3. The number of hydrogen-bond donors (Lipinski definition) is 6. The standard InChI is InChI=1S/C14H15BrClNO6/c15-12(6-18)14(16,22)11(20)10(19)13(21,23-12)8-5-17-9-4-2-1-3-7(8)9/h1-5,10-11,17-22H,6H2/t10-,11-,12-,13+,14-/m1/s1. The van der Waals surface area contributed by atoms with E-state index >= 15 is 0 Å². The topological polar surface area (TPSA) is 126 Å². The Morgan fingerprint density at radius 2 is 1.87 bits per heavy atom. The maximum Gasteiger partial charge on any atom is 0.225 e. The molecule has 1 fully saturated rings. The van der Waals surface area contributed by atoms with E-state index in [-0.39, 0.29) is 5.56 Å². The van der Waals surface area contributed by atoms with Crippen molar-refractivity contribution in [3.8, 4) is 0 Å². The molecule has 1 aromatic carbocycles. The molecule has 126 valence electrons. The molecule has 1 aromatic heterocycles. The van der Waals surface area contributed by atoms with Crippen LogP contribution in [0.1, 0.15) is 5.56 Å². The average molecular weight is 409 g/mol. The van der Waals surface area contributed by atoms with Gasteiger partial charge >= 0.3 is 0 Å². The molecule has 1 aliphatic rings. The molecule has 7 nitrogen and oxygen atoms in total. The van der Waals surface area contributed by atoms with Gasteiger partial charge in [0.15, 0.2) is 4.51 Å². The first kappa shape index (κ1) is 17.1. The number of aromatic amines is 1. The summed E-state index contributed by atoms with van der Waals surface area (Å²) in [5.74, 6) is -2.42. The fourth-order valence-corrected chi connectivity index (χ4v) is 3.45. The fraction of sp³-hybridized carbons (Fsp3) is 0.429. The molecule has 0 radical (unpaired) electrons. The first-order chi connectivity index (χ1) is 10.7. The second-order valence-corrected chi connectivity index (χ2v) is 7.35. The third-order valence-electron chi connectivity index (χ3n) is 4.11. The largest absolute Gasteiger partial charge is 0.392 e. The van der Waals surface area contributed by atoms with Crippen molar-refractivity contribution in [1.29, 1.82) is 0 Å². The average Bonchev–Trinajstić information content (AvgIpc) is 2.96. The molecule has 0 bridgehead atoms. The van der Waals surface area contributed by atoms with Gasteiger partial charge in [-0.2, -0.15) is 0 Å². The van der Waals surface area contributed by atoms with Crippen LogP contribution in [0.4, 0.5) is 0 Å². The summed E-state index contributed by atoms with van der Waals surface area (Å²) >= 11 is 8.74. The Kier molecular flexibility index (Phi) is 4.02. The van der Waals surface area contributed by atoms with Crippen LogP contribution in [0.3, 0.4) is 0 Å². The molecule has 1 aliphatic heterocycles. The molecule has 9 heteroatoms. The first-order valence-electron chi connectivity index (χ1n) is 6.73. The molecular formula is C14H15BrClNO6. The summed E-state index contributed by atoms with van der Waals surface area (Å²) < 4.78 is 3.27. The summed E-state index contributed by atoms with van der Waals surface area (Å²) in [5.41, 5.74) is 0.793. The number of para-hydroxylation sites is 1. The van der Waals surface area contributed by atoms with E-state index in [4.69, 9.17) is 16.3 Å². The highest BCUT2D eigenvalue weighted by molar-refractivity contribution is 9.10. The Bertz CT molecular complexity index is 739. The highest BCUT2D eigenvalue weighted by Crippen LogP contribution is 2.51. The lowest BCUT2D eigenvalue weighted by atomic mass is 9.87. The lowest BCUT2D eigenvalue weighted by Crippen LogP contribution is -2.72. The number of halogens is 2. The summed E-state index contributed by atoms with van der Waals surface area (Å²) in [6.07, 6.45) is -2.58. The first-order valence-corrected chi connectivity index (χ1v) is 7.91. The van der Waals surface area contributed by atoms with Gasteiger partial charge in [0.25, 0.3) is 0 Å². The summed E-state index contributed by atoms with van der Waals surface area (Å²) in [4.78, 5) is 2.91. The molecule has 3 rings (SSSR count). The van der Waals surface area contributed by atoms with Gasteiger partial charge in [-0.3, -0.25) is 0 Å². The van der Waals surface area contributed by atoms with Crippen molar-refractivity contribution in [2.45, 2.75) is 27.6 Å². The van der Waals surface area contributed by atoms with E-state index in [1.54, 1.807) is 24.3 Å². The molecule has 1 saturated heterocycles. The van der Waals surface area contributed by atoms with Crippen molar-refractivity contribution in [2.24, 2.45) is 0 Å². The van der Waals surface area contributed by atoms with Gasteiger partial charge in [-0.1, -0.05) is 29.8 Å². The van der Waals surface area contributed by atoms with Crippen LogP contribution < -0.4 is 0 Å². The predicted molar refractivity (Wildman–Crippen MR) is 84.8 cm³/mol. The van der Waals surface area contributed by atoms with Crippen molar-refractivity contribution in [3.05, 3.63) is 36.0 Å². The lowest BCUT2D eigenvalue weighted by molar-refractivity contribution is -0.374. The van der Waals surface area contributed by atoms with Crippen LogP contribution in [0.2, 0.25) is 0 Å². The molecule has 6 N–H and O–H groups in total. The van der Waals surface area contributed by atoms with E-state index in [2.05, 4.69) is 20.9 Å². The Morgan fingerprint density at radius 1 is 1.22 bits per heavy atom. The SMILES string of the molecule is OC[C@@]1(Br)O[C@@](O)(c2c[nH]c3ccccc23)[C@H](O)[C@@H](O)[C@]1(O)Cl. The van der Waals surface area contributed by atoms with Gasteiger partial charge in [-0.25, -0.2) is 0 Å². The van der Waals surface area contributed by atoms with Crippen LogP contribution in [0, 0.1) is 0 Å². The van der Waals surface area contributed by atoms with Crippen molar-refractivity contribution < 1.29 is 30.3 Å². The number of ether oxygens (including phenoxy) is 1. The fourth-order valence-electron chi connectivity index (χ4n) is 2.75. The summed E-state index contributed by atoms with van der Waals surface area (Å²) in [7, 11) is 0. The van der Waals surface area contributed by atoms with Gasteiger partial charge in [0.1, 0.15) is 12.2 Å². The van der Waals surface area contributed by atoms with E-state index in [0.29, 0.717) is 10.9 Å². The minimum absolute atomic E-state index is 0.129. The summed E-state index contributed by atoms with van der Waals surface area (Å²) in [6.45, 7) is -0.874. The molecule has 0 aliphatic carbocycles. The van der Waals surface area contributed by atoms with E-state index < -0.39 is 34.2 Å². The van der Waals surface area contributed by atoms with E-state index in [1.807, 2.05) is 0 Å². The van der Waals surface area contributed by atoms with Crippen molar-refractivity contribution in [1.82, 2.24) is 4.98 Å². The number of hydrogen-bond acceptors (Lipinski definition) is 6. The number of fused-ring (bicyclic) bond motifs is 1. The summed E-state index contributed by atoms with van der Waals surface area (Å²) in [6, 6.07) is 6.93. The van der Waals surface area contributed by atoms with Crippen LogP contribution in [0.25, 0.3) is 10.9 Å². The number of H-pyrrole nitrogens is 1. The number of rotatable bonds is 2. The number of alkyl halides is 2. The molecule has 23 heavy (non-hydrogen) atoms. The van der Waals surface area contributed by atoms with Gasteiger partial charge in [-0.05, 0) is 22.0 Å². The number of benzene rings is 1. The Labute approximate surface area is 144 Å². The van der Waals surface area contributed by atoms with Crippen LogP contribution in [-0.2, 0) is 10.5 Å². The second-order valence-electron chi connectivity index (χ2n) is 5.50. The highest BCUT2D eigenvalue weighted by atomic mass is 79.9. The zero-order chi connectivity index (χ0) is 17.0. The van der Waals surface area contributed by atoms with Crippen LogP contribution in [0.15, 0.2) is 30.5 Å². The molecule has 5 atom stereocenters. The van der Waals surface area contributed by atoms with E-state index in [0.717, 1.165) is 0 Å². The molecular weight excluding hydrogens is 394 g/mol. The minimum Gasteiger partial charge on any atom is -0.392 e. The zero-order valence-corrected chi connectivity index (χ0v) is 14.0. The Morgan fingerprint density at radius 3 is 2.52 bits per heavy atom. The number of nitrogens with one attached hydrogen (secondary N) is 1. The number of aromatic nitrogens is 1. The predicted octanol–water partition coefficient (Wildman–Crippen LogP) is 0.0759. The minimum atomic E-state index is -2.57. The molecule has 0 amide bonds. The van der Waals surface area contributed by atoms with Crippen LogP contribution in [-0.4, -0.2) is 58.9 Å².